The van der Waals surface area contributed by atoms with Gasteiger partial charge in [-0.25, -0.2) is 9.37 Å². The van der Waals surface area contributed by atoms with Crippen molar-refractivity contribution in [1.82, 2.24) is 4.98 Å². The van der Waals surface area contributed by atoms with Crippen LogP contribution in [0.5, 0.6) is 5.75 Å². The minimum Gasteiger partial charge on any atom is -0.490 e. The van der Waals surface area contributed by atoms with Gasteiger partial charge in [-0.3, -0.25) is 0 Å². The van der Waals surface area contributed by atoms with Crippen molar-refractivity contribution in [2.24, 2.45) is 0 Å². The number of rotatable bonds is 11. The lowest BCUT2D eigenvalue weighted by atomic mass is 10.1. The second-order valence-electron chi connectivity index (χ2n) is 7.26. The van der Waals surface area contributed by atoms with Gasteiger partial charge in [0.2, 0.25) is 5.82 Å². The molecule has 0 aliphatic carbocycles. The third-order valence-corrected chi connectivity index (χ3v) is 4.77. The molecule has 0 amide bonds. The number of hydrogen-bond acceptors (Lipinski definition) is 2. The molecule has 1 aromatic carbocycles. The summed E-state index contributed by atoms with van der Waals surface area (Å²) in [6.45, 7) is 4.66. The molecule has 0 saturated heterocycles. The molecule has 2 nitrogen and oxygen atoms in total. The van der Waals surface area contributed by atoms with Crippen LogP contribution in [0, 0.1) is 23.5 Å². The van der Waals surface area contributed by atoms with Gasteiger partial charge in [0.25, 0.3) is 0 Å². The van der Waals surface area contributed by atoms with Gasteiger partial charge in [-0.2, -0.15) is 4.39 Å². The molecule has 1 heterocycles. The Hall–Kier alpha value is -2.41. The van der Waals surface area contributed by atoms with E-state index in [4.69, 9.17) is 4.74 Å². The molecule has 2 aromatic rings. The van der Waals surface area contributed by atoms with Crippen molar-refractivity contribution >= 4 is 0 Å². The highest BCUT2D eigenvalue weighted by atomic mass is 19.2. The Balaban J connectivity index is 1.94. The summed E-state index contributed by atoms with van der Waals surface area (Å²) in [5.74, 6) is 3.46. The minimum atomic E-state index is -0.986. The number of nitrogens with zero attached hydrogens (tertiary/aromatic N) is 1. The van der Waals surface area contributed by atoms with E-state index in [1.165, 1.54) is 43.4 Å². The molecule has 0 aliphatic rings. The molecule has 156 valence electrons. The Kier molecular flexibility index (Phi) is 10.2. The maximum atomic E-state index is 14.3. The summed E-state index contributed by atoms with van der Waals surface area (Å²) in [7, 11) is 0. The van der Waals surface area contributed by atoms with Gasteiger partial charge in [-0.05, 0) is 48.9 Å². The van der Waals surface area contributed by atoms with Crippen molar-refractivity contribution in [3.8, 4) is 17.6 Å². The predicted octanol–water partition coefficient (Wildman–Crippen LogP) is 6.84. The van der Waals surface area contributed by atoms with Crippen LogP contribution in [0.1, 0.15) is 82.0 Å². The van der Waals surface area contributed by atoms with Crippen molar-refractivity contribution in [2.75, 3.05) is 6.61 Å². The van der Waals surface area contributed by atoms with Crippen LogP contribution >= 0.6 is 0 Å². The number of pyridine rings is 1. The smallest absolute Gasteiger partial charge is 0.201 e. The number of aryl methyl sites for hydroxylation is 1. The fraction of sp³-hybridized carbons (Fsp3) is 0.480. The molecular weight excluding hydrogens is 368 g/mol. The molecule has 1 aromatic heterocycles. The molecule has 0 spiro atoms. The van der Waals surface area contributed by atoms with Gasteiger partial charge in [0.05, 0.1) is 12.2 Å². The molecule has 0 atom stereocenters. The SMILES string of the molecule is CCCCCCCc1ccc(C#Cc2ccc(OCCCCC)c(F)c2F)nc1. The summed E-state index contributed by atoms with van der Waals surface area (Å²) in [4.78, 5) is 4.32. The van der Waals surface area contributed by atoms with Crippen LogP contribution in [0.15, 0.2) is 30.5 Å². The molecule has 0 saturated carbocycles. The Bertz CT molecular complexity index is 806. The number of aromatic nitrogens is 1. The highest BCUT2D eigenvalue weighted by Gasteiger charge is 2.13. The standard InChI is InChI=1S/C25H31F2NO/c1-3-5-7-8-9-11-20-12-15-22(28-19-20)16-13-21-14-17-23(25(27)24(21)26)29-18-10-6-4-2/h12,14-15,17,19H,3-11,18H2,1-2H3. The molecule has 0 bridgehead atoms. The van der Waals surface area contributed by atoms with E-state index in [1.54, 1.807) is 0 Å². The lowest BCUT2D eigenvalue weighted by molar-refractivity contribution is 0.286. The van der Waals surface area contributed by atoms with E-state index in [0.29, 0.717) is 12.3 Å². The molecule has 0 fully saturated rings. The molecule has 0 unspecified atom stereocenters. The van der Waals surface area contributed by atoms with Gasteiger partial charge < -0.3 is 4.74 Å². The largest absolute Gasteiger partial charge is 0.490 e. The van der Waals surface area contributed by atoms with E-state index in [1.807, 2.05) is 18.3 Å². The van der Waals surface area contributed by atoms with Gasteiger partial charge in [0.1, 0.15) is 5.69 Å². The van der Waals surface area contributed by atoms with Gasteiger partial charge in [0, 0.05) is 6.20 Å². The minimum absolute atomic E-state index is 0.00482. The van der Waals surface area contributed by atoms with Crippen LogP contribution in [-0.4, -0.2) is 11.6 Å². The van der Waals surface area contributed by atoms with Gasteiger partial charge in [-0.1, -0.05) is 64.4 Å². The van der Waals surface area contributed by atoms with Gasteiger partial charge in [-0.15, -0.1) is 0 Å². The van der Waals surface area contributed by atoms with E-state index in [0.717, 1.165) is 32.1 Å². The zero-order chi connectivity index (χ0) is 20.9. The van der Waals surface area contributed by atoms with Crippen molar-refractivity contribution in [1.29, 1.82) is 0 Å². The molecule has 0 radical (unpaired) electrons. The fourth-order valence-electron chi connectivity index (χ4n) is 2.98. The lowest BCUT2D eigenvalue weighted by Gasteiger charge is -2.08. The number of halogens is 2. The molecular formula is C25H31F2NO. The van der Waals surface area contributed by atoms with E-state index in [9.17, 15) is 8.78 Å². The number of ether oxygens (including phenoxy) is 1. The Morgan fingerprint density at radius 1 is 0.828 bits per heavy atom. The summed E-state index contributed by atoms with van der Waals surface area (Å²) in [5, 5.41) is 0. The maximum absolute atomic E-state index is 14.3. The number of benzene rings is 1. The first-order valence-corrected chi connectivity index (χ1v) is 10.7. The Labute approximate surface area is 173 Å². The quantitative estimate of drug-likeness (QED) is 0.305. The third-order valence-electron chi connectivity index (χ3n) is 4.77. The lowest BCUT2D eigenvalue weighted by Crippen LogP contribution is -2.01. The summed E-state index contributed by atoms with van der Waals surface area (Å²) < 4.78 is 33.7. The highest BCUT2D eigenvalue weighted by molar-refractivity contribution is 5.44. The molecule has 0 N–H and O–H groups in total. The second-order valence-corrected chi connectivity index (χ2v) is 7.26. The van der Waals surface area contributed by atoms with E-state index >= 15 is 0 Å². The predicted molar refractivity (Wildman–Crippen MR) is 114 cm³/mol. The zero-order valence-electron chi connectivity index (χ0n) is 17.6. The Morgan fingerprint density at radius 2 is 1.59 bits per heavy atom. The summed E-state index contributed by atoms with van der Waals surface area (Å²) in [5.41, 5.74) is 1.72. The van der Waals surface area contributed by atoms with E-state index < -0.39 is 11.6 Å². The second kappa shape index (κ2) is 12.9. The van der Waals surface area contributed by atoms with Gasteiger partial charge in [0.15, 0.2) is 11.6 Å². The molecule has 4 heteroatoms. The first-order chi connectivity index (χ1) is 14.2. The van der Waals surface area contributed by atoms with Crippen LogP contribution in [-0.2, 0) is 6.42 Å². The van der Waals surface area contributed by atoms with Crippen LogP contribution in [0.25, 0.3) is 0 Å². The summed E-state index contributed by atoms with van der Waals surface area (Å²) >= 11 is 0. The Morgan fingerprint density at radius 3 is 2.31 bits per heavy atom. The summed E-state index contributed by atoms with van der Waals surface area (Å²) in [6.07, 6.45) is 11.9. The average molecular weight is 400 g/mol. The van der Waals surface area contributed by atoms with Crippen molar-refractivity contribution in [3.63, 3.8) is 0 Å². The van der Waals surface area contributed by atoms with Crippen molar-refractivity contribution < 1.29 is 13.5 Å². The normalized spacial score (nSPS) is 10.5. The topological polar surface area (TPSA) is 22.1 Å². The van der Waals surface area contributed by atoms with E-state index in [-0.39, 0.29) is 11.3 Å². The van der Waals surface area contributed by atoms with Crippen LogP contribution < -0.4 is 4.74 Å². The third kappa shape index (κ3) is 7.85. The van der Waals surface area contributed by atoms with E-state index in [2.05, 4.69) is 30.7 Å². The molecule has 29 heavy (non-hydrogen) atoms. The first-order valence-electron chi connectivity index (χ1n) is 10.7. The number of hydrogen-bond donors (Lipinski definition) is 0. The number of unbranched alkanes of at least 4 members (excludes halogenated alkanes) is 6. The average Bonchev–Trinajstić information content (AvgIpc) is 2.74. The van der Waals surface area contributed by atoms with Crippen LogP contribution in [0.3, 0.4) is 0 Å². The van der Waals surface area contributed by atoms with Gasteiger partial charge >= 0.3 is 0 Å². The first kappa shape index (κ1) is 22.9. The summed E-state index contributed by atoms with van der Waals surface area (Å²) in [6, 6.07) is 6.71. The zero-order valence-corrected chi connectivity index (χ0v) is 17.6. The monoisotopic (exact) mass is 399 g/mol. The molecule has 0 aliphatic heterocycles. The van der Waals surface area contributed by atoms with Crippen molar-refractivity contribution in [2.45, 2.75) is 71.6 Å². The maximum Gasteiger partial charge on any atom is 0.201 e. The van der Waals surface area contributed by atoms with Crippen molar-refractivity contribution in [3.05, 3.63) is 58.9 Å². The van der Waals surface area contributed by atoms with Crippen LogP contribution in [0.2, 0.25) is 0 Å². The van der Waals surface area contributed by atoms with Crippen LogP contribution in [0.4, 0.5) is 8.78 Å². The molecule has 2 rings (SSSR count). The fourth-order valence-corrected chi connectivity index (χ4v) is 2.98. The highest BCUT2D eigenvalue weighted by Crippen LogP contribution is 2.22.